The molecule has 0 aromatic rings. The van der Waals surface area contributed by atoms with Crippen LogP contribution in [-0.2, 0) is 9.59 Å². The molecule has 3 N–H and O–H groups in total. The van der Waals surface area contributed by atoms with Crippen LogP contribution in [0.15, 0.2) is 0 Å². The number of amides is 2. The Hall–Kier alpha value is -1.10. The summed E-state index contributed by atoms with van der Waals surface area (Å²) in [6.07, 6.45) is 4.06. The normalized spacial score (nSPS) is 23.7. The number of rotatable bonds is 6. The van der Waals surface area contributed by atoms with E-state index >= 15 is 0 Å². The van der Waals surface area contributed by atoms with Gasteiger partial charge in [0.2, 0.25) is 11.8 Å². The van der Waals surface area contributed by atoms with Crippen molar-refractivity contribution in [3.8, 4) is 0 Å². The second-order valence-electron chi connectivity index (χ2n) is 5.13. The summed E-state index contributed by atoms with van der Waals surface area (Å²) in [4.78, 5) is 25.1. The summed E-state index contributed by atoms with van der Waals surface area (Å²) < 4.78 is 0. The Balaban J connectivity index is 2.63. The Labute approximate surface area is 109 Å². The first-order chi connectivity index (χ1) is 8.56. The number of unbranched alkanes of at least 4 members (excludes halogenated alkanes) is 1. The van der Waals surface area contributed by atoms with Gasteiger partial charge in [-0.1, -0.05) is 20.3 Å². The van der Waals surface area contributed by atoms with E-state index in [2.05, 4.69) is 19.2 Å². The lowest BCUT2D eigenvalue weighted by Gasteiger charge is -2.33. The molecule has 0 radical (unpaired) electrons. The summed E-state index contributed by atoms with van der Waals surface area (Å²) in [5.41, 5.74) is 5.21. The van der Waals surface area contributed by atoms with Crippen molar-refractivity contribution in [2.45, 2.75) is 45.6 Å². The first kappa shape index (κ1) is 15.0. The lowest BCUT2D eigenvalue weighted by molar-refractivity contribution is -0.138. The van der Waals surface area contributed by atoms with E-state index in [1.165, 1.54) is 0 Å². The molecule has 0 aromatic carbocycles. The van der Waals surface area contributed by atoms with E-state index in [0.717, 1.165) is 32.2 Å². The van der Waals surface area contributed by atoms with Crippen molar-refractivity contribution < 1.29 is 9.59 Å². The predicted molar refractivity (Wildman–Crippen MR) is 70.9 cm³/mol. The second kappa shape index (κ2) is 7.36. The molecule has 104 valence electrons. The Kier molecular flexibility index (Phi) is 6.12. The predicted octanol–water partition coefficient (Wildman–Crippen LogP) is 0.489. The number of hydrogen-bond donors (Lipinski definition) is 2. The van der Waals surface area contributed by atoms with Crippen molar-refractivity contribution in [2.24, 2.45) is 11.7 Å². The van der Waals surface area contributed by atoms with Gasteiger partial charge in [-0.3, -0.25) is 9.59 Å². The van der Waals surface area contributed by atoms with Crippen LogP contribution in [0, 0.1) is 5.92 Å². The van der Waals surface area contributed by atoms with Crippen LogP contribution in [0.2, 0.25) is 0 Å². The maximum absolute atomic E-state index is 12.4. The zero-order valence-corrected chi connectivity index (χ0v) is 11.4. The van der Waals surface area contributed by atoms with Gasteiger partial charge in [-0.2, -0.15) is 0 Å². The largest absolute Gasteiger partial charge is 0.368 e. The van der Waals surface area contributed by atoms with Crippen LogP contribution in [-0.4, -0.2) is 42.4 Å². The van der Waals surface area contributed by atoms with Crippen molar-refractivity contribution >= 4 is 11.8 Å². The zero-order chi connectivity index (χ0) is 13.5. The molecule has 1 aliphatic heterocycles. The first-order valence-electron chi connectivity index (χ1n) is 6.86. The van der Waals surface area contributed by atoms with Gasteiger partial charge in [0.15, 0.2) is 0 Å². The standard InChI is InChI=1S/C13H25N3O2/c1-3-4-8-16(9-11(14)17)13(18)12-10(2)6-5-7-15-12/h10,12,15H,3-9H2,1-2H3,(H2,14,17). The van der Waals surface area contributed by atoms with Gasteiger partial charge in [-0.25, -0.2) is 0 Å². The molecule has 1 saturated heterocycles. The highest BCUT2D eigenvalue weighted by Gasteiger charge is 2.31. The number of nitrogens with two attached hydrogens (primary N) is 1. The van der Waals surface area contributed by atoms with Gasteiger partial charge >= 0.3 is 0 Å². The molecule has 18 heavy (non-hydrogen) atoms. The highest BCUT2D eigenvalue weighted by atomic mass is 16.2. The molecule has 2 atom stereocenters. The molecule has 2 unspecified atom stereocenters. The van der Waals surface area contributed by atoms with E-state index < -0.39 is 5.91 Å². The maximum atomic E-state index is 12.4. The summed E-state index contributed by atoms with van der Waals surface area (Å²) in [6.45, 7) is 5.66. The molecular formula is C13H25N3O2. The van der Waals surface area contributed by atoms with E-state index in [0.29, 0.717) is 12.5 Å². The average Bonchev–Trinajstić information content (AvgIpc) is 2.34. The molecule has 2 amide bonds. The second-order valence-corrected chi connectivity index (χ2v) is 5.13. The van der Waals surface area contributed by atoms with E-state index in [9.17, 15) is 9.59 Å². The third kappa shape index (κ3) is 4.29. The van der Waals surface area contributed by atoms with Crippen LogP contribution < -0.4 is 11.1 Å². The number of nitrogens with zero attached hydrogens (tertiary/aromatic N) is 1. The SMILES string of the molecule is CCCCN(CC(N)=O)C(=O)C1NCCCC1C. The first-order valence-corrected chi connectivity index (χ1v) is 6.86. The molecule has 1 aliphatic rings. The number of carbonyl (C=O) groups excluding carboxylic acids is 2. The highest BCUT2D eigenvalue weighted by Crippen LogP contribution is 2.17. The number of carbonyl (C=O) groups is 2. The van der Waals surface area contributed by atoms with Crippen molar-refractivity contribution in [1.29, 1.82) is 0 Å². The molecule has 0 aliphatic carbocycles. The fourth-order valence-electron chi connectivity index (χ4n) is 2.38. The lowest BCUT2D eigenvalue weighted by atomic mass is 9.91. The minimum absolute atomic E-state index is 0.0226. The third-order valence-electron chi connectivity index (χ3n) is 3.48. The van der Waals surface area contributed by atoms with Crippen LogP contribution >= 0.6 is 0 Å². The van der Waals surface area contributed by atoms with Gasteiger partial charge < -0.3 is 16.0 Å². The minimum atomic E-state index is -0.442. The Morgan fingerprint density at radius 3 is 2.72 bits per heavy atom. The molecule has 1 heterocycles. The molecule has 0 saturated carbocycles. The maximum Gasteiger partial charge on any atom is 0.240 e. The molecule has 0 bridgehead atoms. The number of hydrogen-bond acceptors (Lipinski definition) is 3. The van der Waals surface area contributed by atoms with Gasteiger partial charge in [0, 0.05) is 6.54 Å². The van der Waals surface area contributed by atoms with E-state index in [-0.39, 0.29) is 18.5 Å². The van der Waals surface area contributed by atoms with Crippen molar-refractivity contribution in [2.75, 3.05) is 19.6 Å². The molecule has 1 rings (SSSR count). The smallest absolute Gasteiger partial charge is 0.240 e. The number of piperidine rings is 1. The Bertz CT molecular complexity index is 294. The van der Waals surface area contributed by atoms with Gasteiger partial charge in [-0.05, 0) is 31.7 Å². The Morgan fingerprint density at radius 2 is 2.17 bits per heavy atom. The quantitative estimate of drug-likeness (QED) is 0.725. The minimum Gasteiger partial charge on any atom is -0.368 e. The van der Waals surface area contributed by atoms with Gasteiger partial charge in [0.1, 0.15) is 0 Å². The summed E-state index contributed by atoms with van der Waals surface area (Å²) in [5, 5.41) is 3.26. The topological polar surface area (TPSA) is 75.4 Å². The third-order valence-corrected chi connectivity index (χ3v) is 3.48. The summed E-state index contributed by atoms with van der Waals surface area (Å²) in [6, 6.07) is -0.157. The summed E-state index contributed by atoms with van der Waals surface area (Å²) in [7, 11) is 0. The fraction of sp³-hybridized carbons (Fsp3) is 0.846. The lowest BCUT2D eigenvalue weighted by Crippen LogP contribution is -2.54. The monoisotopic (exact) mass is 255 g/mol. The fourth-order valence-corrected chi connectivity index (χ4v) is 2.38. The summed E-state index contributed by atoms with van der Waals surface area (Å²) in [5.74, 6) is -0.0966. The molecule has 0 spiro atoms. The van der Waals surface area contributed by atoms with E-state index in [4.69, 9.17) is 5.73 Å². The number of primary amides is 1. The molecule has 5 heteroatoms. The van der Waals surface area contributed by atoms with Crippen LogP contribution in [0.3, 0.4) is 0 Å². The van der Waals surface area contributed by atoms with Gasteiger partial charge in [0.05, 0.1) is 12.6 Å². The molecular weight excluding hydrogens is 230 g/mol. The zero-order valence-electron chi connectivity index (χ0n) is 11.4. The van der Waals surface area contributed by atoms with Crippen LogP contribution in [0.25, 0.3) is 0 Å². The van der Waals surface area contributed by atoms with Gasteiger partial charge in [0.25, 0.3) is 0 Å². The van der Waals surface area contributed by atoms with E-state index in [1.807, 2.05) is 0 Å². The average molecular weight is 255 g/mol. The summed E-state index contributed by atoms with van der Waals surface area (Å²) >= 11 is 0. The molecule has 1 fully saturated rings. The van der Waals surface area contributed by atoms with Gasteiger partial charge in [-0.15, -0.1) is 0 Å². The van der Waals surface area contributed by atoms with Crippen molar-refractivity contribution in [3.05, 3.63) is 0 Å². The van der Waals surface area contributed by atoms with E-state index in [1.54, 1.807) is 4.90 Å². The van der Waals surface area contributed by atoms with Crippen molar-refractivity contribution in [3.63, 3.8) is 0 Å². The highest BCUT2D eigenvalue weighted by molar-refractivity contribution is 5.87. The van der Waals surface area contributed by atoms with Crippen LogP contribution in [0.4, 0.5) is 0 Å². The molecule has 0 aromatic heterocycles. The molecule has 5 nitrogen and oxygen atoms in total. The van der Waals surface area contributed by atoms with Crippen molar-refractivity contribution in [1.82, 2.24) is 10.2 Å². The Morgan fingerprint density at radius 1 is 1.44 bits per heavy atom. The van der Waals surface area contributed by atoms with Crippen LogP contribution in [0.5, 0.6) is 0 Å². The number of nitrogens with one attached hydrogen (secondary N) is 1. The van der Waals surface area contributed by atoms with Crippen LogP contribution in [0.1, 0.15) is 39.5 Å².